The first-order valence-electron chi connectivity index (χ1n) is 6.12. The van der Waals surface area contributed by atoms with Gasteiger partial charge in [0.15, 0.2) is 0 Å². The number of nitrogen functional groups attached to an aromatic ring is 1. The van der Waals surface area contributed by atoms with Crippen LogP contribution in [0, 0.1) is 6.92 Å². The maximum Gasteiger partial charge on any atom is 0.243 e. The Labute approximate surface area is 119 Å². The number of benzene rings is 1. The lowest BCUT2D eigenvalue weighted by Crippen LogP contribution is -2.27. The molecule has 1 aromatic carbocycles. The van der Waals surface area contributed by atoms with Crippen molar-refractivity contribution in [2.45, 2.75) is 18.4 Å². The molecule has 0 spiro atoms. The third kappa shape index (κ3) is 2.97. The molecule has 106 valence electrons. The average molecular weight is 291 g/mol. The lowest BCUT2D eigenvalue weighted by atomic mass is 10.2. The second kappa shape index (κ2) is 5.60. The molecule has 0 aliphatic rings. The van der Waals surface area contributed by atoms with Gasteiger partial charge in [-0.3, -0.25) is 4.98 Å². The molecule has 0 amide bonds. The lowest BCUT2D eigenvalue weighted by molar-refractivity contribution is 0.466. The molecule has 5 nitrogen and oxygen atoms in total. The molecule has 2 aromatic rings. The fraction of sp³-hybridized carbons (Fsp3) is 0.214. The number of rotatable bonds is 4. The van der Waals surface area contributed by atoms with Gasteiger partial charge in [0.05, 0.1) is 4.90 Å². The second-order valence-electron chi connectivity index (χ2n) is 4.64. The second-order valence-corrected chi connectivity index (χ2v) is 6.65. The maximum atomic E-state index is 12.5. The molecule has 0 radical (unpaired) electrons. The van der Waals surface area contributed by atoms with Crippen LogP contribution in [-0.4, -0.2) is 24.8 Å². The molecule has 0 aliphatic carbocycles. The molecule has 0 aliphatic heterocycles. The van der Waals surface area contributed by atoms with Gasteiger partial charge in [-0.1, -0.05) is 0 Å². The van der Waals surface area contributed by atoms with Crippen molar-refractivity contribution in [1.29, 1.82) is 0 Å². The van der Waals surface area contributed by atoms with Crippen LogP contribution < -0.4 is 5.73 Å². The Bertz CT molecular complexity index is 700. The van der Waals surface area contributed by atoms with E-state index in [0.717, 1.165) is 5.56 Å². The van der Waals surface area contributed by atoms with Gasteiger partial charge < -0.3 is 5.73 Å². The van der Waals surface area contributed by atoms with Crippen LogP contribution in [0.2, 0.25) is 0 Å². The van der Waals surface area contributed by atoms with E-state index in [1.54, 1.807) is 56.7 Å². The smallest absolute Gasteiger partial charge is 0.243 e. The molecule has 0 atom stereocenters. The van der Waals surface area contributed by atoms with E-state index in [1.165, 1.54) is 4.31 Å². The van der Waals surface area contributed by atoms with Crippen molar-refractivity contribution < 1.29 is 8.42 Å². The summed E-state index contributed by atoms with van der Waals surface area (Å²) in [7, 11) is -1.97. The van der Waals surface area contributed by atoms with Crippen molar-refractivity contribution in [2.24, 2.45) is 0 Å². The van der Waals surface area contributed by atoms with Gasteiger partial charge in [0.2, 0.25) is 10.0 Å². The summed E-state index contributed by atoms with van der Waals surface area (Å²) < 4.78 is 26.4. The van der Waals surface area contributed by atoms with Crippen molar-refractivity contribution in [3.63, 3.8) is 0 Å². The van der Waals surface area contributed by atoms with E-state index in [2.05, 4.69) is 4.98 Å². The van der Waals surface area contributed by atoms with E-state index in [9.17, 15) is 8.42 Å². The van der Waals surface area contributed by atoms with Crippen molar-refractivity contribution in [1.82, 2.24) is 9.29 Å². The summed E-state index contributed by atoms with van der Waals surface area (Å²) >= 11 is 0. The highest BCUT2D eigenvalue weighted by atomic mass is 32.2. The Hall–Kier alpha value is -1.92. The molecular formula is C14H17N3O2S. The first-order valence-corrected chi connectivity index (χ1v) is 7.56. The minimum Gasteiger partial charge on any atom is -0.399 e. The Morgan fingerprint density at radius 3 is 2.45 bits per heavy atom. The number of anilines is 1. The molecule has 6 heteroatoms. The largest absolute Gasteiger partial charge is 0.399 e. The first-order chi connectivity index (χ1) is 9.41. The highest BCUT2D eigenvalue weighted by Gasteiger charge is 2.22. The summed E-state index contributed by atoms with van der Waals surface area (Å²) in [5.74, 6) is 0. The van der Waals surface area contributed by atoms with Gasteiger partial charge in [0.25, 0.3) is 0 Å². The molecule has 0 saturated carbocycles. The Balaban J connectivity index is 2.30. The predicted molar refractivity (Wildman–Crippen MR) is 78.5 cm³/mol. The molecule has 1 aromatic heterocycles. The molecule has 2 rings (SSSR count). The van der Waals surface area contributed by atoms with E-state index in [-0.39, 0.29) is 4.90 Å². The summed E-state index contributed by atoms with van der Waals surface area (Å²) in [5, 5.41) is 0. The van der Waals surface area contributed by atoms with Crippen LogP contribution >= 0.6 is 0 Å². The Morgan fingerprint density at radius 1 is 1.20 bits per heavy atom. The van der Waals surface area contributed by atoms with Crippen molar-refractivity contribution in [2.75, 3.05) is 12.8 Å². The Kier molecular flexibility index (Phi) is 4.06. The van der Waals surface area contributed by atoms with Crippen molar-refractivity contribution in [3.05, 3.63) is 53.9 Å². The van der Waals surface area contributed by atoms with Crippen LogP contribution in [0.1, 0.15) is 11.1 Å². The SMILES string of the molecule is Cc1cc(N)ccc1S(=O)(=O)N(C)Cc1ccncc1. The van der Waals surface area contributed by atoms with Gasteiger partial charge in [-0.25, -0.2) is 8.42 Å². The number of nitrogens with two attached hydrogens (primary N) is 1. The van der Waals surface area contributed by atoms with Gasteiger partial charge in [-0.2, -0.15) is 4.31 Å². The fourth-order valence-electron chi connectivity index (χ4n) is 1.96. The summed E-state index contributed by atoms with van der Waals surface area (Å²) in [6.07, 6.45) is 3.29. The molecule has 0 bridgehead atoms. The van der Waals surface area contributed by atoms with Crippen LogP contribution in [0.15, 0.2) is 47.6 Å². The lowest BCUT2D eigenvalue weighted by Gasteiger charge is -2.18. The molecular weight excluding hydrogens is 274 g/mol. The molecule has 1 heterocycles. The number of hydrogen-bond donors (Lipinski definition) is 1. The third-order valence-electron chi connectivity index (χ3n) is 3.04. The summed E-state index contributed by atoms with van der Waals surface area (Å²) in [6, 6.07) is 8.39. The third-order valence-corrected chi connectivity index (χ3v) is 5.01. The van der Waals surface area contributed by atoms with E-state index in [0.29, 0.717) is 17.8 Å². The van der Waals surface area contributed by atoms with Gasteiger partial charge in [0, 0.05) is 31.7 Å². The quantitative estimate of drug-likeness (QED) is 0.871. The number of pyridine rings is 1. The van der Waals surface area contributed by atoms with Crippen LogP contribution in [0.25, 0.3) is 0 Å². The number of aromatic nitrogens is 1. The number of sulfonamides is 1. The van der Waals surface area contributed by atoms with Gasteiger partial charge in [0.1, 0.15) is 0 Å². The van der Waals surface area contributed by atoms with Crippen molar-refractivity contribution in [3.8, 4) is 0 Å². The Morgan fingerprint density at radius 2 is 1.85 bits per heavy atom. The maximum absolute atomic E-state index is 12.5. The monoisotopic (exact) mass is 291 g/mol. The van der Waals surface area contributed by atoms with Crippen LogP contribution in [0.4, 0.5) is 5.69 Å². The number of hydrogen-bond acceptors (Lipinski definition) is 4. The standard InChI is InChI=1S/C14H17N3O2S/c1-11-9-13(15)3-4-14(11)20(18,19)17(2)10-12-5-7-16-8-6-12/h3-9H,10,15H2,1-2H3. The zero-order valence-corrected chi connectivity index (χ0v) is 12.3. The van der Waals surface area contributed by atoms with Crippen LogP contribution in [-0.2, 0) is 16.6 Å². The minimum atomic E-state index is -3.53. The molecule has 0 fully saturated rings. The summed E-state index contributed by atoms with van der Waals surface area (Å²) in [4.78, 5) is 4.20. The zero-order valence-electron chi connectivity index (χ0n) is 11.4. The van der Waals surface area contributed by atoms with E-state index >= 15 is 0 Å². The summed E-state index contributed by atoms with van der Waals surface area (Å²) in [5.41, 5.74) is 7.74. The van der Waals surface area contributed by atoms with Crippen LogP contribution in [0.3, 0.4) is 0 Å². The van der Waals surface area contributed by atoms with Gasteiger partial charge >= 0.3 is 0 Å². The number of nitrogens with zero attached hydrogens (tertiary/aromatic N) is 2. The first kappa shape index (κ1) is 14.5. The van der Waals surface area contributed by atoms with Gasteiger partial charge in [-0.05, 0) is 48.4 Å². The van der Waals surface area contributed by atoms with E-state index in [4.69, 9.17) is 5.73 Å². The normalized spacial score (nSPS) is 11.8. The molecule has 0 saturated heterocycles. The van der Waals surface area contributed by atoms with E-state index in [1.807, 2.05) is 0 Å². The summed E-state index contributed by atoms with van der Waals surface area (Å²) in [6.45, 7) is 2.04. The molecule has 0 unspecified atom stereocenters. The minimum absolute atomic E-state index is 0.281. The van der Waals surface area contributed by atoms with Gasteiger partial charge in [-0.15, -0.1) is 0 Å². The van der Waals surface area contributed by atoms with Crippen molar-refractivity contribution >= 4 is 15.7 Å². The number of aryl methyl sites for hydroxylation is 1. The van der Waals surface area contributed by atoms with E-state index < -0.39 is 10.0 Å². The van der Waals surface area contributed by atoms with Crippen LogP contribution in [0.5, 0.6) is 0 Å². The highest BCUT2D eigenvalue weighted by Crippen LogP contribution is 2.22. The molecule has 20 heavy (non-hydrogen) atoms. The zero-order chi connectivity index (χ0) is 14.8. The fourth-order valence-corrected chi connectivity index (χ4v) is 3.32. The topological polar surface area (TPSA) is 76.3 Å². The molecule has 2 N–H and O–H groups in total. The highest BCUT2D eigenvalue weighted by molar-refractivity contribution is 7.89. The average Bonchev–Trinajstić information content (AvgIpc) is 2.39. The predicted octanol–water partition coefficient (Wildman–Crippen LogP) is 1.79.